The molecule has 1 aromatic rings. The van der Waals surface area contributed by atoms with Crippen LogP contribution in [-0.4, -0.2) is 40.1 Å². The van der Waals surface area contributed by atoms with Gasteiger partial charge in [-0.1, -0.05) is 29.4 Å². The third-order valence-electron chi connectivity index (χ3n) is 4.23. The van der Waals surface area contributed by atoms with Crippen LogP contribution >= 0.6 is 0 Å². The van der Waals surface area contributed by atoms with E-state index in [1.807, 2.05) is 6.08 Å². The normalized spacial score (nSPS) is 14.3. The molecule has 32 heavy (non-hydrogen) atoms. The van der Waals surface area contributed by atoms with Gasteiger partial charge in [0.15, 0.2) is 0 Å². The van der Waals surface area contributed by atoms with Crippen LogP contribution in [-0.2, 0) is 44.7 Å². The molecule has 2 rings (SSSR count). The molecule has 0 saturated heterocycles. The summed E-state index contributed by atoms with van der Waals surface area (Å²) in [5.41, 5.74) is 8.22. The van der Waals surface area contributed by atoms with E-state index in [2.05, 4.69) is 49.7 Å². The van der Waals surface area contributed by atoms with Crippen LogP contribution in [0.1, 0.15) is 61.3 Å². The van der Waals surface area contributed by atoms with E-state index < -0.39 is 23.8 Å². The van der Waals surface area contributed by atoms with Crippen molar-refractivity contribution >= 4 is 41.8 Å². The maximum Gasteiger partial charge on any atom is 2.00 e. The van der Waals surface area contributed by atoms with Crippen LogP contribution in [0.4, 0.5) is 0 Å². The van der Waals surface area contributed by atoms with Gasteiger partial charge in [0, 0.05) is 6.21 Å². The number of hydrogen-bond donors (Lipinski definition) is 1. The molecule has 0 aromatic heterocycles. The van der Waals surface area contributed by atoms with Crippen LogP contribution in [0, 0.1) is 0 Å². The summed E-state index contributed by atoms with van der Waals surface area (Å²) < 4.78 is 0. The summed E-state index contributed by atoms with van der Waals surface area (Å²) in [4.78, 5) is 34.9. The van der Waals surface area contributed by atoms with E-state index in [1.165, 1.54) is 30.2 Å². The largest absolute Gasteiger partial charge is 2.00 e. The van der Waals surface area contributed by atoms with Crippen molar-refractivity contribution in [3.8, 4) is 0 Å². The molecule has 8 nitrogen and oxygen atoms in total. The minimum Gasteiger partial charge on any atom is -0.741 e. The number of nitrogens with two attached hydrogens (primary N) is 1. The number of hydrogen-bond acceptors (Lipinski definition) is 7. The first-order valence-corrected chi connectivity index (χ1v) is 9.97. The summed E-state index contributed by atoms with van der Waals surface area (Å²) in [7, 11) is 0. The van der Waals surface area contributed by atoms with E-state index in [4.69, 9.17) is 5.73 Å². The number of carboxylic acid groups (broad SMARTS) is 1. The molecule has 1 aliphatic heterocycles. The molecule has 10 heteroatoms. The summed E-state index contributed by atoms with van der Waals surface area (Å²) in [6.07, 6.45) is 7.83. The molecule has 0 radical (unpaired) electrons. The van der Waals surface area contributed by atoms with Crippen LogP contribution in [0.15, 0.2) is 57.8 Å². The van der Waals surface area contributed by atoms with Crippen LogP contribution in [0.3, 0.4) is 0 Å². The zero-order valence-electron chi connectivity index (χ0n) is 18.7. The Hall–Kier alpha value is -2.41. The Bertz CT molecular complexity index is 914. The standard InChI is InChI=1S/C11H19N3S.C11H9NO4.Cd/c1-9(2)5-4-6-10(3)7-8-13-14-11(12)15;1-6(11(15)16)12-9(13)7-4-2-3-5-8(7)10(12)14;/h5,7-8H,4,6H2,1-3H3,(H3,12,14,15);2-6H,1H3,(H,15,16);/q;;+2/p-2/b10-7-,13-8+;;/t;6-;/m.0./s1. The van der Waals surface area contributed by atoms with E-state index >= 15 is 0 Å². The molecular formula is C22H26CdN4O4S. The van der Waals surface area contributed by atoms with E-state index in [0.717, 1.165) is 12.8 Å². The molecule has 1 aromatic carbocycles. The molecule has 1 aliphatic rings. The molecule has 2 amide bonds. The Labute approximate surface area is 213 Å². The first-order valence-electron chi connectivity index (χ1n) is 9.56. The minimum absolute atomic E-state index is 0. The van der Waals surface area contributed by atoms with Gasteiger partial charge in [0.25, 0.3) is 11.8 Å². The maximum absolute atomic E-state index is 11.8. The molecule has 0 spiro atoms. The molecule has 0 fully saturated rings. The van der Waals surface area contributed by atoms with Crippen LogP contribution in [0.5, 0.6) is 0 Å². The second kappa shape index (κ2) is 14.6. The number of carbonyl (C=O) groups excluding carboxylic acids is 3. The number of fused-ring (bicyclic) bond motifs is 1. The van der Waals surface area contributed by atoms with Gasteiger partial charge in [-0.05, 0) is 63.9 Å². The fraction of sp³-hybridized carbons (Fsp3) is 0.318. The average molecular weight is 555 g/mol. The van der Waals surface area contributed by atoms with Crippen LogP contribution in [0.25, 0.3) is 0 Å². The van der Waals surface area contributed by atoms with Gasteiger partial charge in [-0.3, -0.25) is 14.5 Å². The summed E-state index contributed by atoms with van der Waals surface area (Å²) >= 11 is 4.54. The number of imide groups is 1. The van der Waals surface area contributed by atoms with Crippen LogP contribution in [0.2, 0.25) is 0 Å². The third kappa shape index (κ3) is 9.39. The van der Waals surface area contributed by atoms with Gasteiger partial charge in [0.05, 0.1) is 23.1 Å². The van der Waals surface area contributed by atoms with Crippen molar-refractivity contribution in [1.82, 2.24) is 4.90 Å². The second-order valence-corrected chi connectivity index (χ2v) is 7.48. The van der Waals surface area contributed by atoms with Gasteiger partial charge >= 0.3 is 27.3 Å². The summed E-state index contributed by atoms with van der Waals surface area (Å²) in [5.74, 6) is -2.62. The zero-order chi connectivity index (χ0) is 23.6. The van der Waals surface area contributed by atoms with Crippen molar-refractivity contribution in [3.63, 3.8) is 0 Å². The van der Waals surface area contributed by atoms with Gasteiger partial charge in [-0.2, -0.15) is 10.2 Å². The number of nitrogens with zero attached hydrogens (tertiary/aromatic N) is 3. The summed E-state index contributed by atoms with van der Waals surface area (Å²) in [6, 6.07) is 4.98. The number of carboxylic acids is 1. The number of rotatable bonds is 7. The molecule has 0 unspecified atom stereocenters. The Morgan fingerprint density at radius 3 is 2.16 bits per heavy atom. The fourth-order valence-electron chi connectivity index (χ4n) is 2.59. The predicted octanol–water partition coefficient (Wildman–Crippen LogP) is 1.94. The molecule has 1 heterocycles. The Morgan fingerprint density at radius 1 is 1.19 bits per heavy atom. The average Bonchev–Trinajstić information content (AvgIpc) is 2.95. The topological polar surface area (TPSA) is 128 Å². The van der Waals surface area contributed by atoms with Crippen molar-refractivity contribution in [2.75, 3.05) is 0 Å². The first kappa shape index (κ1) is 29.6. The molecule has 0 bridgehead atoms. The second-order valence-electron chi connectivity index (χ2n) is 7.06. The van der Waals surface area contributed by atoms with E-state index in [-0.39, 0.29) is 43.6 Å². The smallest absolute Gasteiger partial charge is 0.741 e. The summed E-state index contributed by atoms with van der Waals surface area (Å²) in [5, 5.41) is 18.0. The van der Waals surface area contributed by atoms with Crippen molar-refractivity contribution in [1.29, 1.82) is 0 Å². The minimum atomic E-state index is -1.45. The van der Waals surface area contributed by atoms with E-state index in [0.29, 0.717) is 4.90 Å². The number of aliphatic carboxylic acids is 1. The van der Waals surface area contributed by atoms with E-state index in [1.54, 1.807) is 18.3 Å². The number of allylic oxidation sites excluding steroid dienone is 4. The molecule has 1 atom stereocenters. The van der Waals surface area contributed by atoms with Crippen LogP contribution < -0.4 is 10.8 Å². The predicted molar refractivity (Wildman–Crippen MR) is 121 cm³/mol. The van der Waals surface area contributed by atoms with Gasteiger partial charge in [-0.25, -0.2) is 0 Å². The fourth-order valence-corrected chi connectivity index (χ4v) is 2.63. The van der Waals surface area contributed by atoms with E-state index in [9.17, 15) is 19.5 Å². The number of carbonyl (C=O) groups is 3. The van der Waals surface area contributed by atoms with Gasteiger partial charge in [0.2, 0.25) is 0 Å². The SMILES string of the molecule is CC(C)=CCC\C(C)=C/C=N/N=C(/N)[S-].C[C@@H](C(=O)[O-])N1C(=O)c2ccccc2C1=O.[Cd+2]. The summed E-state index contributed by atoms with van der Waals surface area (Å²) in [6.45, 7) is 7.51. The maximum atomic E-state index is 11.8. The van der Waals surface area contributed by atoms with Crippen molar-refractivity contribution in [2.24, 2.45) is 15.9 Å². The van der Waals surface area contributed by atoms with Gasteiger partial charge in [0.1, 0.15) is 0 Å². The number of amidine groups is 1. The number of amides is 2. The molecule has 0 aliphatic carbocycles. The molecular weight excluding hydrogens is 529 g/mol. The third-order valence-corrected chi connectivity index (χ3v) is 4.31. The molecule has 166 valence electrons. The van der Waals surface area contributed by atoms with Crippen molar-refractivity contribution in [2.45, 2.75) is 46.6 Å². The van der Waals surface area contributed by atoms with Crippen molar-refractivity contribution in [3.05, 3.63) is 58.7 Å². The van der Waals surface area contributed by atoms with Gasteiger partial charge < -0.3 is 28.3 Å². The zero-order valence-corrected chi connectivity index (χ0v) is 23.6. The molecule has 2 N–H and O–H groups in total. The number of benzene rings is 1. The Balaban J connectivity index is 0.000000585. The monoisotopic (exact) mass is 556 g/mol. The Morgan fingerprint density at radius 2 is 1.72 bits per heavy atom. The molecule has 0 saturated carbocycles. The Kier molecular flexibility index (Phi) is 13.5. The first-order chi connectivity index (χ1) is 14.6. The quantitative estimate of drug-likeness (QED) is 0.104. The van der Waals surface area contributed by atoms with Crippen molar-refractivity contribution < 1.29 is 46.8 Å². The van der Waals surface area contributed by atoms with Gasteiger partial charge in [-0.15, -0.1) is 0 Å².